The first-order valence-corrected chi connectivity index (χ1v) is 17.6. The lowest BCUT2D eigenvalue weighted by Crippen LogP contribution is -2.28. The smallest absolute Gasteiger partial charge is 0.0714 e. The molecule has 0 radical (unpaired) electrons. The molecule has 1 aliphatic carbocycles. The van der Waals surface area contributed by atoms with Gasteiger partial charge in [0.25, 0.3) is 0 Å². The van der Waals surface area contributed by atoms with E-state index < -0.39 is 5.41 Å². The van der Waals surface area contributed by atoms with Crippen LogP contribution in [-0.2, 0) is 5.41 Å². The third-order valence-corrected chi connectivity index (χ3v) is 10.6. The molecule has 0 N–H and O–H groups in total. The Morgan fingerprint density at radius 3 is 1.61 bits per heavy atom. The van der Waals surface area contributed by atoms with Gasteiger partial charge < -0.3 is 9.47 Å². The Labute approximate surface area is 298 Å². The first-order chi connectivity index (χ1) is 25.3. The van der Waals surface area contributed by atoms with Gasteiger partial charge in [-0.25, -0.2) is 0 Å². The van der Waals surface area contributed by atoms with E-state index in [9.17, 15) is 0 Å². The van der Waals surface area contributed by atoms with Crippen LogP contribution in [0.4, 0.5) is 17.1 Å². The van der Waals surface area contributed by atoms with Crippen LogP contribution in [0.25, 0.3) is 38.6 Å². The fourth-order valence-electron chi connectivity index (χ4n) is 8.55. The molecule has 0 spiro atoms. The molecule has 1 heterocycles. The van der Waals surface area contributed by atoms with E-state index in [1.807, 2.05) is 0 Å². The van der Waals surface area contributed by atoms with Crippen molar-refractivity contribution < 1.29 is 0 Å². The van der Waals surface area contributed by atoms with E-state index in [1.165, 1.54) is 55.2 Å². The maximum absolute atomic E-state index is 2.44. The number of anilines is 3. The average Bonchev–Trinajstić information content (AvgIpc) is 3.70. The Kier molecular flexibility index (Phi) is 6.75. The van der Waals surface area contributed by atoms with Gasteiger partial charge in [-0.3, -0.25) is 0 Å². The van der Waals surface area contributed by atoms with Gasteiger partial charge >= 0.3 is 0 Å². The Bertz CT molecular complexity index is 2640. The van der Waals surface area contributed by atoms with E-state index in [0.717, 1.165) is 22.7 Å². The molecule has 1 aliphatic rings. The molecule has 1 aromatic heterocycles. The highest BCUT2D eigenvalue weighted by molar-refractivity contribution is 6.10. The molecule has 2 nitrogen and oxygen atoms in total. The molecule has 0 unspecified atom stereocenters. The van der Waals surface area contributed by atoms with Crippen LogP contribution in [0.5, 0.6) is 0 Å². The normalized spacial score (nSPS) is 12.9. The molecule has 2 heteroatoms. The molecule has 0 atom stereocenters. The predicted octanol–water partition coefficient (Wildman–Crippen LogP) is 12.6. The first-order valence-electron chi connectivity index (χ1n) is 17.6. The fourth-order valence-corrected chi connectivity index (χ4v) is 8.55. The third-order valence-electron chi connectivity index (χ3n) is 10.6. The molecule has 0 saturated heterocycles. The van der Waals surface area contributed by atoms with Crippen LogP contribution in [0, 0.1) is 0 Å². The maximum atomic E-state index is 2.44. The van der Waals surface area contributed by atoms with Crippen molar-refractivity contribution in [2.45, 2.75) is 5.41 Å². The molecular formula is C49H34N2. The van der Waals surface area contributed by atoms with E-state index in [-0.39, 0.29) is 0 Å². The molecule has 0 bridgehead atoms. The first kappa shape index (κ1) is 29.3. The van der Waals surface area contributed by atoms with Gasteiger partial charge in [0, 0.05) is 33.5 Å². The van der Waals surface area contributed by atoms with Crippen molar-refractivity contribution in [3.63, 3.8) is 0 Å². The number of hydrogen-bond donors (Lipinski definition) is 0. The lowest BCUT2D eigenvalue weighted by molar-refractivity contribution is 0.768. The quantitative estimate of drug-likeness (QED) is 0.174. The van der Waals surface area contributed by atoms with Crippen molar-refractivity contribution >= 4 is 38.9 Å². The second kappa shape index (κ2) is 11.8. The zero-order valence-corrected chi connectivity index (χ0v) is 28.0. The summed E-state index contributed by atoms with van der Waals surface area (Å²) in [4.78, 5) is 2.41. The molecule has 0 amide bonds. The molecule has 10 rings (SSSR count). The summed E-state index contributed by atoms with van der Waals surface area (Å²) in [6.07, 6.45) is 0. The van der Waals surface area contributed by atoms with Crippen molar-refractivity contribution in [2.24, 2.45) is 0 Å². The summed E-state index contributed by atoms with van der Waals surface area (Å²) in [5.74, 6) is 0. The lowest BCUT2D eigenvalue weighted by Gasteiger charge is -2.35. The molecule has 9 aromatic rings. The zero-order chi connectivity index (χ0) is 33.8. The van der Waals surface area contributed by atoms with Gasteiger partial charge in [-0.1, -0.05) is 146 Å². The molecular weight excluding hydrogens is 617 g/mol. The summed E-state index contributed by atoms with van der Waals surface area (Å²) in [6.45, 7) is 0. The number of hydrogen-bond acceptors (Lipinski definition) is 1. The highest BCUT2D eigenvalue weighted by atomic mass is 15.1. The SMILES string of the molecule is c1ccc(N(c2ccc3c(c2)C(c2ccccc2)(c2ccccc2)c2ccccc2-3)c2ccc3c(c2)c2ccccc2n3-c2ccccc2)cc1. The van der Waals surface area contributed by atoms with E-state index in [2.05, 4.69) is 216 Å². The number of para-hydroxylation sites is 3. The minimum atomic E-state index is -0.472. The second-order valence-electron chi connectivity index (χ2n) is 13.3. The highest BCUT2D eigenvalue weighted by Gasteiger charge is 2.46. The monoisotopic (exact) mass is 650 g/mol. The molecule has 0 saturated carbocycles. The standard InChI is InChI=1S/C49H34N2/c1-5-17-35(18-6-1)49(36-19-7-2-8-20-36)45-27-15-13-25-41(45)42-31-29-40(34-46(42)49)50(37-21-9-3-10-22-37)39-30-32-48-44(33-39)43-26-14-16-28-47(43)51(48)38-23-11-4-12-24-38/h1-34H. The summed E-state index contributed by atoms with van der Waals surface area (Å²) >= 11 is 0. The highest BCUT2D eigenvalue weighted by Crippen LogP contribution is 2.57. The fraction of sp³-hybridized carbons (Fsp3) is 0.0204. The van der Waals surface area contributed by atoms with Gasteiger partial charge in [0.15, 0.2) is 0 Å². The Morgan fingerprint density at radius 2 is 0.882 bits per heavy atom. The minimum absolute atomic E-state index is 0.472. The molecule has 0 fully saturated rings. The van der Waals surface area contributed by atoms with Crippen molar-refractivity contribution in [1.82, 2.24) is 4.57 Å². The van der Waals surface area contributed by atoms with Gasteiger partial charge in [0.05, 0.1) is 16.4 Å². The van der Waals surface area contributed by atoms with Gasteiger partial charge in [-0.15, -0.1) is 0 Å². The van der Waals surface area contributed by atoms with E-state index in [4.69, 9.17) is 0 Å². The summed E-state index contributed by atoms with van der Waals surface area (Å²) in [7, 11) is 0. The van der Waals surface area contributed by atoms with Crippen molar-refractivity contribution in [2.75, 3.05) is 4.90 Å². The van der Waals surface area contributed by atoms with Crippen LogP contribution >= 0.6 is 0 Å². The van der Waals surface area contributed by atoms with Crippen LogP contribution in [0.1, 0.15) is 22.3 Å². The molecule has 0 aliphatic heterocycles. The van der Waals surface area contributed by atoms with E-state index >= 15 is 0 Å². The van der Waals surface area contributed by atoms with Crippen LogP contribution in [0.3, 0.4) is 0 Å². The number of fused-ring (bicyclic) bond motifs is 6. The largest absolute Gasteiger partial charge is 0.310 e. The van der Waals surface area contributed by atoms with E-state index in [0.29, 0.717) is 0 Å². The number of benzene rings is 8. The number of nitrogens with zero attached hydrogens (tertiary/aromatic N) is 2. The molecule has 51 heavy (non-hydrogen) atoms. The topological polar surface area (TPSA) is 8.17 Å². The summed E-state index contributed by atoms with van der Waals surface area (Å²) in [5.41, 5.74) is 14.1. The predicted molar refractivity (Wildman–Crippen MR) is 213 cm³/mol. The third kappa shape index (κ3) is 4.43. The van der Waals surface area contributed by atoms with Gasteiger partial charge in [0.2, 0.25) is 0 Å². The van der Waals surface area contributed by atoms with Crippen molar-refractivity contribution in [1.29, 1.82) is 0 Å². The van der Waals surface area contributed by atoms with Gasteiger partial charge in [-0.05, 0) is 94.0 Å². The van der Waals surface area contributed by atoms with Crippen molar-refractivity contribution in [3.05, 3.63) is 229 Å². The van der Waals surface area contributed by atoms with Crippen LogP contribution < -0.4 is 4.90 Å². The number of rotatable bonds is 6. The molecule has 8 aromatic carbocycles. The zero-order valence-electron chi connectivity index (χ0n) is 28.0. The van der Waals surface area contributed by atoms with E-state index in [1.54, 1.807) is 0 Å². The average molecular weight is 651 g/mol. The summed E-state index contributed by atoms with van der Waals surface area (Å²) in [5, 5.41) is 2.46. The second-order valence-corrected chi connectivity index (χ2v) is 13.3. The number of aromatic nitrogens is 1. The Balaban J connectivity index is 1.24. The van der Waals surface area contributed by atoms with Gasteiger partial charge in [0.1, 0.15) is 0 Å². The summed E-state index contributed by atoms with van der Waals surface area (Å²) < 4.78 is 2.38. The molecule has 240 valence electrons. The van der Waals surface area contributed by atoms with Crippen LogP contribution in [0.2, 0.25) is 0 Å². The minimum Gasteiger partial charge on any atom is -0.310 e. The van der Waals surface area contributed by atoms with Crippen molar-refractivity contribution in [3.8, 4) is 16.8 Å². The summed E-state index contributed by atoms with van der Waals surface area (Å²) in [6, 6.07) is 75.2. The Morgan fingerprint density at radius 1 is 0.353 bits per heavy atom. The van der Waals surface area contributed by atoms with Crippen LogP contribution in [-0.4, -0.2) is 4.57 Å². The Hall–Kier alpha value is -6.64. The van der Waals surface area contributed by atoms with Gasteiger partial charge in [-0.2, -0.15) is 0 Å². The van der Waals surface area contributed by atoms with Crippen LogP contribution in [0.15, 0.2) is 206 Å². The maximum Gasteiger partial charge on any atom is 0.0714 e. The lowest BCUT2D eigenvalue weighted by atomic mass is 9.67.